The number of hydrogen-bond acceptors (Lipinski definition) is 3. The van der Waals surface area contributed by atoms with E-state index in [1.165, 1.54) is 0 Å². The Morgan fingerprint density at radius 1 is 0.867 bits per heavy atom. The Kier molecular flexibility index (Phi) is 5.44. The molecule has 1 heterocycles. The number of carbonyl (C=O) groups excluding carboxylic acids is 1. The molecule has 4 rings (SSSR count). The molecule has 0 atom stereocenters. The molecule has 0 spiro atoms. The third kappa shape index (κ3) is 3.88. The molecule has 0 bridgehead atoms. The van der Waals surface area contributed by atoms with E-state index in [-0.39, 0.29) is 5.97 Å². The number of aryl methyl sites for hydroxylation is 4. The summed E-state index contributed by atoms with van der Waals surface area (Å²) in [6.07, 6.45) is 0. The molecule has 4 heteroatoms. The Labute approximate surface area is 184 Å². The molecule has 0 aliphatic carbocycles. The molecule has 0 unspecified atom stereocenters. The Morgan fingerprint density at radius 3 is 2.20 bits per heavy atom. The Balaban J connectivity index is 1.90. The summed E-state index contributed by atoms with van der Waals surface area (Å²) in [5, 5.41) is 0.810. The zero-order chi connectivity index (χ0) is 21.4. The van der Waals surface area contributed by atoms with Crippen LogP contribution < -0.4 is 4.74 Å². The number of hydrogen-bond donors (Lipinski definition) is 0. The largest absolute Gasteiger partial charge is 0.422 e. The predicted octanol–water partition coefficient (Wildman–Crippen LogP) is 7.12. The predicted molar refractivity (Wildman–Crippen MR) is 125 cm³/mol. The van der Waals surface area contributed by atoms with Gasteiger partial charge in [-0.2, -0.15) is 0 Å². The fourth-order valence-electron chi connectivity index (χ4n) is 3.73. The number of nitrogens with zero attached hydrogens (tertiary/aromatic N) is 1. The first-order valence-corrected chi connectivity index (χ1v) is 10.6. The molecule has 0 saturated carbocycles. The zero-order valence-electron chi connectivity index (χ0n) is 17.4. The SMILES string of the molecule is Cc1cc(C)c2nc(-c3ccc(Br)cc3)cc(C(=O)Oc3c(C)cccc3C)c2c1. The van der Waals surface area contributed by atoms with Crippen LogP contribution in [0.15, 0.2) is 65.1 Å². The number of ether oxygens (including phenoxy) is 1. The summed E-state index contributed by atoms with van der Waals surface area (Å²) in [4.78, 5) is 18.2. The standard InChI is InChI=1S/C26H22BrNO2/c1-15-12-18(4)24-21(13-15)22(14-23(28-24)19-8-10-20(27)11-9-19)26(29)30-25-16(2)6-5-7-17(25)3/h5-14H,1-4H3. The quantitative estimate of drug-likeness (QED) is 0.241. The van der Waals surface area contributed by atoms with E-state index in [1.807, 2.05) is 82.3 Å². The lowest BCUT2D eigenvalue weighted by molar-refractivity contribution is 0.0734. The minimum absolute atomic E-state index is 0.372. The van der Waals surface area contributed by atoms with Crippen LogP contribution in [0.25, 0.3) is 22.2 Å². The van der Waals surface area contributed by atoms with Gasteiger partial charge in [0.2, 0.25) is 0 Å². The van der Waals surface area contributed by atoms with E-state index in [9.17, 15) is 4.79 Å². The highest BCUT2D eigenvalue weighted by molar-refractivity contribution is 9.10. The molecule has 4 aromatic rings. The van der Waals surface area contributed by atoms with Gasteiger partial charge in [-0.3, -0.25) is 0 Å². The third-order valence-corrected chi connectivity index (χ3v) is 5.74. The summed E-state index contributed by atoms with van der Waals surface area (Å²) in [7, 11) is 0. The lowest BCUT2D eigenvalue weighted by atomic mass is 10.00. The average Bonchev–Trinajstić information content (AvgIpc) is 2.70. The van der Waals surface area contributed by atoms with Crippen molar-refractivity contribution < 1.29 is 9.53 Å². The van der Waals surface area contributed by atoms with Gasteiger partial charge in [-0.05, 0) is 68.7 Å². The van der Waals surface area contributed by atoms with Gasteiger partial charge in [-0.15, -0.1) is 0 Å². The molecule has 0 N–H and O–H groups in total. The number of rotatable bonds is 3. The van der Waals surface area contributed by atoms with E-state index in [4.69, 9.17) is 9.72 Å². The van der Waals surface area contributed by atoms with E-state index in [2.05, 4.69) is 22.0 Å². The van der Waals surface area contributed by atoms with Crippen LogP contribution in [0, 0.1) is 27.7 Å². The van der Waals surface area contributed by atoms with Crippen LogP contribution in [0.4, 0.5) is 0 Å². The van der Waals surface area contributed by atoms with Gasteiger partial charge in [-0.25, -0.2) is 9.78 Å². The summed E-state index contributed by atoms with van der Waals surface area (Å²) < 4.78 is 6.88. The van der Waals surface area contributed by atoms with Crippen LogP contribution >= 0.6 is 15.9 Å². The van der Waals surface area contributed by atoms with Crippen molar-refractivity contribution in [2.45, 2.75) is 27.7 Å². The molecule has 0 aliphatic heterocycles. The van der Waals surface area contributed by atoms with Crippen molar-refractivity contribution in [2.75, 3.05) is 0 Å². The molecule has 0 fully saturated rings. The number of fused-ring (bicyclic) bond motifs is 1. The van der Waals surface area contributed by atoms with Gasteiger partial charge >= 0.3 is 5.97 Å². The van der Waals surface area contributed by atoms with Crippen molar-refractivity contribution in [1.29, 1.82) is 0 Å². The van der Waals surface area contributed by atoms with Gasteiger partial charge in [-0.1, -0.05) is 57.9 Å². The minimum Gasteiger partial charge on any atom is -0.422 e. The summed E-state index contributed by atoms with van der Waals surface area (Å²) in [5.74, 6) is 0.241. The van der Waals surface area contributed by atoms with Crippen LogP contribution in [-0.4, -0.2) is 11.0 Å². The van der Waals surface area contributed by atoms with Crippen LogP contribution in [0.2, 0.25) is 0 Å². The van der Waals surface area contributed by atoms with Gasteiger partial charge in [0.1, 0.15) is 5.75 Å². The number of aromatic nitrogens is 1. The van der Waals surface area contributed by atoms with Gasteiger partial charge in [0.25, 0.3) is 0 Å². The van der Waals surface area contributed by atoms with Crippen LogP contribution in [0.5, 0.6) is 5.75 Å². The zero-order valence-corrected chi connectivity index (χ0v) is 19.0. The molecule has 30 heavy (non-hydrogen) atoms. The fraction of sp³-hybridized carbons (Fsp3) is 0.154. The Morgan fingerprint density at radius 2 is 1.53 bits per heavy atom. The average molecular weight is 460 g/mol. The van der Waals surface area contributed by atoms with Gasteiger partial charge in [0.15, 0.2) is 0 Å². The molecule has 1 aromatic heterocycles. The van der Waals surface area contributed by atoms with Crippen molar-refractivity contribution in [3.05, 3.63) is 93.0 Å². The van der Waals surface area contributed by atoms with Crippen molar-refractivity contribution >= 4 is 32.8 Å². The molecular formula is C26H22BrNO2. The summed E-state index contributed by atoms with van der Waals surface area (Å²) >= 11 is 3.47. The van der Waals surface area contributed by atoms with Crippen molar-refractivity contribution in [3.63, 3.8) is 0 Å². The van der Waals surface area contributed by atoms with Crippen LogP contribution in [0.1, 0.15) is 32.6 Å². The topological polar surface area (TPSA) is 39.2 Å². The van der Waals surface area contributed by atoms with E-state index in [0.29, 0.717) is 11.3 Å². The molecule has 3 aromatic carbocycles. The van der Waals surface area contributed by atoms with Crippen LogP contribution in [0.3, 0.4) is 0 Å². The first-order chi connectivity index (χ1) is 14.3. The first-order valence-electron chi connectivity index (χ1n) is 9.80. The lowest BCUT2D eigenvalue weighted by Crippen LogP contribution is -2.12. The number of pyridine rings is 1. The maximum Gasteiger partial charge on any atom is 0.344 e. The van der Waals surface area contributed by atoms with Gasteiger partial charge in [0.05, 0.1) is 16.8 Å². The molecule has 0 aliphatic rings. The highest BCUT2D eigenvalue weighted by Crippen LogP contribution is 2.30. The highest BCUT2D eigenvalue weighted by Gasteiger charge is 2.19. The number of halogens is 1. The van der Waals surface area contributed by atoms with Crippen molar-refractivity contribution in [2.24, 2.45) is 0 Å². The molecule has 150 valence electrons. The highest BCUT2D eigenvalue weighted by atomic mass is 79.9. The summed E-state index contributed by atoms with van der Waals surface area (Å²) in [5.41, 5.74) is 7.01. The maximum atomic E-state index is 13.3. The molecule has 3 nitrogen and oxygen atoms in total. The van der Waals surface area contributed by atoms with E-state index < -0.39 is 0 Å². The monoisotopic (exact) mass is 459 g/mol. The lowest BCUT2D eigenvalue weighted by Gasteiger charge is -2.14. The number of esters is 1. The number of carbonyl (C=O) groups is 1. The number of para-hydroxylation sites is 1. The van der Waals surface area contributed by atoms with Crippen molar-refractivity contribution in [3.8, 4) is 17.0 Å². The fourth-order valence-corrected chi connectivity index (χ4v) is 3.99. The minimum atomic E-state index is -0.372. The Bertz CT molecular complexity index is 1260. The third-order valence-electron chi connectivity index (χ3n) is 5.21. The van der Waals surface area contributed by atoms with E-state index in [0.717, 1.165) is 48.9 Å². The second kappa shape index (κ2) is 8.04. The smallest absolute Gasteiger partial charge is 0.344 e. The second-order valence-corrected chi connectivity index (χ2v) is 8.57. The molecular weight excluding hydrogens is 438 g/mol. The van der Waals surface area contributed by atoms with Gasteiger partial charge in [0, 0.05) is 15.4 Å². The first kappa shape index (κ1) is 20.3. The maximum absolute atomic E-state index is 13.3. The van der Waals surface area contributed by atoms with Crippen LogP contribution in [-0.2, 0) is 0 Å². The van der Waals surface area contributed by atoms with E-state index in [1.54, 1.807) is 0 Å². The van der Waals surface area contributed by atoms with E-state index >= 15 is 0 Å². The molecule has 0 radical (unpaired) electrons. The van der Waals surface area contributed by atoms with Crippen molar-refractivity contribution in [1.82, 2.24) is 4.98 Å². The van der Waals surface area contributed by atoms with Gasteiger partial charge < -0.3 is 4.74 Å². The second-order valence-electron chi connectivity index (χ2n) is 7.65. The normalized spacial score (nSPS) is 11.0. The Hall–Kier alpha value is -2.98. The summed E-state index contributed by atoms with van der Waals surface area (Å²) in [6.45, 7) is 7.94. The molecule has 0 amide bonds. The number of benzene rings is 3. The molecule has 0 saturated heterocycles. The summed E-state index contributed by atoms with van der Waals surface area (Å²) in [6, 6.07) is 19.7.